The minimum absolute atomic E-state index is 0.0598. The number of likely N-dealkylation sites (tertiary alicyclic amines) is 1. The Hall–Kier alpha value is -2.09. The van der Waals surface area contributed by atoms with Crippen LogP contribution >= 0.6 is 23.2 Å². The summed E-state index contributed by atoms with van der Waals surface area (Å²) in [6.07, 6.45) is 6.24. The van der Waals surface area contributed by atoms with E-state index in [9.17, 15) is 23.1 Å². The van der Waals surface area contributed by atoms with Gasteiger partial charge in [-0.15, -0.1) is 0 Å². The van der Waals surface area contributed by atoms with Crippen LogP contribution < -0.4 is 0 Å². The molecule has 1 saturated heterocycles. The van der Waals surface area contributed by atoms with Gasteiger partial charge in [-0.1, -0.05) is 73.7 Å². The topological polar surface area (TPSA) is 91.8 Å². The van der Waals surface area contributed by atoms with E-state index in [-0.39, 0.29) is 35.2 Å². The Labute approximate surface area is 253 Å². The molecule has 1 N–H and O–H groups in total. The molecule has 222 valence electrons. The number of halogens is 2. The molecule has 0 bridgehead atoms. The zero-order valence-corrected chi connectivity index (χ0v) is 25.8. The minimum atomic E-state index is -3.48. The van der Waals surface area contributed by atoms with E-state index in [0.717, 1.165) is 43.2 Å². The molecule has 0 aromatic heterocycles. The van der Waals surface area contributed by atoms with Crippen LogP contribution in [0.15, 0.2) is 48.5 Å². The third-order valence-electron chi connectivity index (χ3n) is 9.62. The third-order valence-corrected chi connectivity index (χ3v) is 12.4. The largest absolute Gasteiger partial charge is 0.481 e. The zero-order valence-electron chi connectivity index (χ0n) is 23.5. The van der Waals surface area contributed by atoms with E-state index in [1.165, 1.54) is 0 Å². The molecule has 0 radical (unpaired) electrons. The molecule has 2 aromatic rings. The van der Waals surface area contributed by atoms with Crippen molar-refractivity contribution >= 4 is 44.9 Å². The molecule has 1 heterocycles. The van der Waals surface area contributed by atoms with Crippen LogP contribution in [0.5, 0.6) is 0 Å². The number of amides is 1. The van der Waals surface area contributed by atoms with Gasteiger partial charge in [-0.05, 0) is 79.8 Å². The first-order valence-corrected chi connectivity index (χ1v) is 17.3. The van der Waals surface area contributed by atoms with E-state index in [1.54, 1.807) is 18.2 Å². The lowest BCUT2D eigenvalue weighted by Crippen LogP contribution is -2.59. The minimum Gasteiger partial charge on any atom is -0.481 e. The predicted octanol–water partition coefficient (Wildman–Crippen LogP) is 7.45. The SMILES string of the molecule is CC[C@]1(CC(=O)O)C[C@H](c2cccc(Cl)c2)[C@@H](c2ccc(Cl)cc2)N(C(CS(=O)(=O)C2CCCCC2)C2CC2)C1=O. The fourth-order valence-corrected chi connectivity index (χ4v) is 9.80. The van der Waals surface area contributed by atoms with Crippen LogP contribution in [0.1, 0.15) is 94.2 Å². The summed E-state index contributed by atoms with van der Waals surface area (Å²) in [5.41, 5.74) is 0.597. The predicted molar refractivity (Wildman–Crippen MR) is 162 cm³/mol. The number of benzene rings is 2. The molecule has 1 unspecified atom stereocenters. The second-order valence-corrected chi connectivity index (χ2v) is 15.5. The van der Waals surface area contributed by atoms with Gasteiger partial charge >= 0.3 is 5.97 Å². The monoisotopic (exact) mass is 619 g/mol. The van der Waals surface area contributed by atoms with E-state index in [2.05, 4.69) is 0 Å². The maximum atomic E-state index is 14.8. The molecule has 3 aliphatic rings. The highest BCUT2D eigenvalue weighted by Crippen LogP contribution is 2.55. The summed E-state index contributed by atoms with van der Waals surface area (Å²) in [7, 11) is -3.48. The summed E-state index contributed by atoms with van der Waals surface area (Å²) in [6.45, 7) is 1.86. The Morgan fingerprint density at radius 1 is 1.00 bits per heavy atom. The molecule has 41 heavy (non-hydrogen) atoms. The van der Waals surface area contributed by atoms with Crippen LogP contribution in [-0.2, 0) is 19.4 Å². The number of rotatable bonds is 10. The van der Waals surface area contributed by atoms with E-state index in [4.69, 9.17) is 23.2 Å². The first-order valence-electron chi connectivity index (χ1n) is 14.8. The molecule has 6 nitrogen and oxygen atoms in total. The lowest BCUT2D eigenvalue weighted by molar-refractivity contribution is -0.162. The van der Waals surface area contributed by atoms with Crippen molar-refractivity contribution in [2.45, 2.75) is 94.4 Å². The molecule has 2 aromatic carbocycles. The number of sulfone groups is 1. The number of carbonyl (C=O) groups is 2. The van der Waals surface area contributed by atoms with E-state index in [1.807, 2.05) is 42.2 Å². The summed E-state index contributed by atoms with van der Waals surface area (Å²) in [6, 6.07) is 13.9. The Morgan fingerprint density at radius 2 is 1.68 bits per heavy atom. The molecule has 2 aliphatic carbocycles. The van der Waals surface area contributed by atoms with Gasteiger partial charge in [0, 0.05) is 22.0 Å². The number of aliphatic carboxylic acids is 1. The molecule has 2 saturated carbocycles. The van der Waals surface area contributed by atoms with Crippen molar-refractivity contribution in [3.63, 3.8) is 0 Å². The van der Waals surface area contributed by atoms with Gasteiger partial charge in [0.05, 0.1) is 28.9 Å². The van der Waals surface area contributed by atoms with Crippen LogP contribution in [0, 0.1) is 11.3 Å². The summed E-state index contributed by atoms with van der Waals surface area (Å²) in [4.78, 5) is 28.8. The fourth-order valence-electron chi connectivity index (χ4n) is 7.24. The molecule has 3 fully saturated rings. The lowest BCUT2D eigenvalue weighted by atomic mass is 9.65. The molecular weight excluding hydrogens is 581 g/mol. The van der Waals surface area contributed by atoms with Gasteiger partial charge in [0.2, 0.25) is 5.91 Å². The Bertz CT molecular complexity index is 1370. The quantitative estimate of drug-likeness (QED) is 0.298. The highest BCUT2D eigenvalue weighted by atomic mass is 35.5. The van der Waals surface area contributed by atoms with Crippen LogP contribution in [0.2, 0.25) is 10.0 Å². The second-order valence-electron chi connectivity index (χ2n) is 12.3. The number of carboxylic acid groups (broad SMARTS) is 1. The van der Waals surface area contributed by atoms with Crippen molar-refractivity contribution < 1.29 is 23.1 Å². The van der Waals surface area contributed by atoms with Crippen molar-refractivity contribution in [3.8, 4) is 0 Å². The molecule has 1 aliphatic heterocycles. The number of hydrogen-bond donors (Lipinski definition) is 1. The van der Waals surface area contributed by atoms with Crippen molar-refractivity contribution in [1.82, 2.24) is 4.90 Å². The smallest absolute Gasteiger partial charge is 0.304 e. The number of carboxylic acids is 1. The second kappa shape index (κ2) is 12.3. The number of nitrogens with zero attached hydrogens (tertiary/aromatic N) is 1. The zero-order chi connectivity index (χ0) is 29.4. The summed E-state index contributed by atoms with van der Waals surface area (Å²) < 4.78 is 27.8. The average molecular weight is 621 g/mol. The molecule has 1 amide bonds. The van der Waals surface area contributed by atoms with Crippen molar-refractivity contribution in [3.05, 3.63) is 69.7 Å². The molecule has 4 atom stereocenters. The van der Waals surface area contributed by atoms with Gasteiger partial charge in [-0.25, -0.2) is 8.42 Å². The molecular formula is C32H39Cl2NO5S. The van der Waals surface area contributed by atoms with Crippen LogP contribution in [-0.4, -0.2) is 47.3 Å². The number of hydrogen-bond acceptors (Lipinski definition) is 4. The van der Waals surface area contributed by atoms with Crippen LogP contribution in [0.25, 0.3) is 0 Å². The van der Waals surface area contributed by atoms with E-state index in [0.29, 0.717) is 35.7 Å². The van der Waals surface area contributed by atoms with Crippen LogP contribution in [0.3, 0.4) is 0 Å². The number of carbonyl (C=O) groups excluding carboxylic acids is 1. The standard InChI is InChI=1S/C32H39Cl2NO5S/c1-2-32(19-29(36)37)18-27(23-7-6-8-25(34)17-23)30(22-13-15-24(33)16-14-22)35(31(32)38)28(21-11-12-21)20-41(39,40)26-9-4-3-5-10-26/h6-8,13-17,21,26-28,30H,2-5,9-12,18-20H2,1H3,(H,36,37)/t27-,28?,30-,32-/m1/s1. The Balaban J connectivity index is 1.67. The molecule has 5 rings (SSSR count). The highest BCUT2D eigenvalue weighted by Gasteiger charge is 2.56. The average Bonchev–Trinajstić information content (AvgIpc) is 3.79. The lowest BCUT2D eigenvalue weighted by Gasteiger charge is -2.53. The van der Waals surface area contributed by atoms with E-state index < -0.39 is 33.3 Å². The maximum Gasteiger partial charge on any atom is 0.304 e. The fraction of sp³-hybridized carbons (Fsp3) is 0.562. The van der Waals surface area contributed by atoms with Gasteiger partial charge in [-0.3, -0.25) is 9.59 Å². The van der Waals surface area contributed by atoms with Crippen molar-refractivity contribution in [2.24, 2.45) is 11.3 Å². The Morgan fingerprint density at radius 3 is 2.27 bits per heavy atom. The van der Waals surface area contributed by atoms with E-state index >= 15 is 0 Å². The van der Waals surface area contributed by atoms with Gasteiger partial charge in [0.1, 0.15) is 0 Å². The van der Waals surface area contributed by atoms with Gasteiger partial charge in [-0.2, -0.15) is 0 Å². The molecule has 0 spiro atoms. The summed E-state index contributed by atoms with van der Waals surface area (Å²) in [5.74, 6) is -1.60. The van der Waals surface area contributed by atoms with Crippen molar-refractivity contribution in [1.29, 1.82) is 0 Å². The summed E-state index contributed by atoms with van der Waals surface area (Å²) in [5, 5.41) is 10.7. The van der Waals surface area contributed by atoms with Gasteiger partial charge < -0.3 is 10.0 Å². The Kier molecular flexibility index (Phi) is 9.08. The third kappa shape index (κ3) is 6.47. The maximum absolute atomic E-state index is 14.8. The van der Waals surface area contributed by atoms with Gasteiger partial charge in [0.15, 0.2) is 9.84 Å². The van der Waals surface area contributed by atoms with Crippen LogP contribution in [0.4, 0.5) is 0 Å². The first-order chi connectivity index (χ1) is 19.5. The van der Waals surface area contributed by atoms with Gasteiger partial charge in [0.25, 0.3) is 0 Å². The highest BCUT2D eigenvalue weighted by molar-refractivity contribution is 7.92. The first kappa shape index (κ1) is 30.4. The van der Waals surface area contributed by atoms with Crippen molar-refractivity contribution in [2.75, 3.05) is 5.75 Å². The normalized spacial score (nSPS) is 26.6. The number of piperidine rings is 1. The summed E-state index contributed by atoms with van der Waals surface area (Å²) >= 11 is 12.7. The molecule has 9 heteroatoms.